The predicted octanol–water partition coefficient (Wildman–Crippen LogP) is 2.60. The van der Waals surface area contributed by atoms with Gasteiger partial charge in [-0.3, -0.25) is 0 Å². The highest BCUT2D eigenvalue weighted by Crippen LogP contribution is 2.13. The second-order valence-electron chi connectivity index (χ2n) is 3.61. The van der Waals surface area contributed by atoms with Gasteiger partial charge in [0, 0.05) is 19.3 Å². The summed E-state index contributed by atoms with van der Waals surface area (Å²) < 4.78 is 0. The Morgan fingerprint density at radius 1 is 1.19 bits per heavy atom. The molecule has 0 saturated heterocycles. The van der Waals surface area contributed by atoms with Gasteiger partial charge in [0.05, 0.1) is 0 Å². The van der Waals surface area contributed by atoms with Gasteiger partial charge in [0.1, 0.15) is 0 Å². The smallest absolute Gasteiger partial charge is 0.321 e. The van der Waals surface area contributed by atoms with Gasteiger partial charge >= 0.3 is 6.03 Å². The summed E-state index contributed by atoms with van der Waals surface area (Å²) in [6.07, 6.45) is 11.8. The van der Waals surface area contributed by atoms with E-state index in [4.69, 9.17) is 0 Å². The Balaban J connectivity index is 2.96. The van der Waals surface area contributed by atoms with Gasteiger partial charge in [-0.2, -0.15) is 0 Å². The minimum atomic E-state index is -0.0590. The van der Waals surface area contributed by atoms with E-state index in [-0.39, 0.29) is 6.03 Å². The topological polar surface area (TPSA) is 32.3 Å². The van der Waals surface area contributed by atoms with Crippen LogP contribution in [0.15, 0.2) is 47.7 Å². The molecule has 1 N–H and O–H groups in total. The number of nitrogens with zero attached hydrogens (tertiary/aromatic N) is 1. The molecule has 0 atom stereocenters. The van der Waals surface area contributed by atoms with Crippen LogP contribution >= 0.6 is 0 Å². The highest BCUT2D eigenvalue weighted by Gasteiger charge is 2.18. The van der Waals surface area contributed by atoms with E-state index in [1.807, 2.05) is 50.3 Å². The molecule has 0 aromatic carbocycles. The lowest BCUT2D eigenvalue weighted by atomic mass is 10.1. The number of hydrogen-bond acceptors (Lipinski definition) is 1. The fourth-order valence-electron chi connectivity index (χ4n) is 1.44. The van der Waals surface area contributed by atoms with E-state index in [0.717, 1.165) is 11.3 Å². The largest absolute Gasteiger partial charge is 0.323 e. The second-order valence-corrected chi connectivity index (χ2v) is 3.61. The normalized spacial score (nSPS) is 18.2. The van der Waals surface area contributed by atoms with Crippen LogP contribution in [0.25, 0.3) is 0 Å². The van der Waals surface area contributed by atoms with E-state index in [0.29, 0.717) is 6.54 Å². The Kier molecular flexibility index (Phi) is 4.58. The molecule has 2 amide bonds. The zero-order valence-electron chi connectivity index (χ0n) is 10.0. The van der Waals surface area contributed by atoms with Crippen LogP contribution in [0.5, 0.6) is 0 Å². The van der Waals surface area contributed by atoms with E-state index in [1.165, 1.54) is 0 Å². The molecule has 16 heavy (non-hydrogen) atoms. The highest BCUT2D eigenvalue weighted by molar-refractivity contribution is 5.79. The molecule has 1 aliphatic rings. The standard InChI is InChI=1S/C13H18N2O/c1-4-6-7-9-11-10-15(3)13(16)14-12(11)8-5-2/h4-9H,10H2,1-3H3,(H,14,16)/b6-4+,8-5-,9-7-. The number of urea groups is 1. The fourth-order valence-corrected chi connectivity index (χ4v) is 1.44. The Hall–Kier alpha value is -1.77. The van der Waals surface area contributed by atoms with Gasteiger partial charge in [0.15, 0.2) is 0 Å². The van der Waals surface area contributed by atoms with Crippen molar-refractivity contribution in [2.75, 3.05) is 13.6 Å². The minimum absolute atomic E-state index is 0.0590. The van der Waals surface area contributed by atoms with Crippen molar-refractivity contribution in [3.8, 4) is 0 Å². The lowest BCUT2D eigenvalue weighted by Gasteiger charge is -2.26. The zero-order chi connectivity index (χ0) is 12.0. The van der Waals surface area contributed by atoms with E-state index in [1.54, 1.807) is 11.9 Å². The first-order chi connectivity index (χ1) is 7.69. The number of carbonyl (C=O) groups excluding carboxylic acids is 1. The van der Waals surface area contributed by atoms with Gasteiger partial charge < -0.3 is 10.2 Å². The number of allylic oxidation sites excluding steroid dienone is 5. The molecule has 0 bridgehead atoms. The number of hydrogen-bond donors (Lipinski definition) is 1. The number of nitrogens with one attached hydrogen (secondary N) is 1. The van der Waals surface area contributed by atoms with Crippen LogP contribution in [0.3, 0.4) is 0 Å². The molecule has 1 aliphatic heterocycles. The molecule has 1 heterocycles. The maximum Gasteiger partial charge on any atom is 0.321 e. The third kappa shape index (κ3) is 3.12. The molecular formula is C13H18N2O. The average Bonchev–Trinajstić information content (AvgIpc) is 2.25. The van der Waals surface area contributed by atoms with Crippen LogP contribution in [0.2, 0.25) is 0 Å². The van der Waals surface area contributed by atoms with Gasteiger partial charge in [-0.1, -0.05) is 30.4 Å². The van der Waals surface area contributed by atoms with Crippen molar-refractivity contribution in [2.24, 2.45) is 0 Å². The first-order valence-corrected chi connectivity index (χ1v) is 5.36. The van der Waals surface area contributed by atoms with Crippen LogP contribution in [0, 0.1) is 0 Å². The third-order valence-electron chi connectivity index (χ3n) is 2.28. The molecule has 0 unspecified atom stereocenters. The predicted molar refractivity (Wildman–Crippen MR) is 67.0 cm³/mol. The van der Waals surface area contributed by atoms with Crippen LogP contribution < -0.4 is 5.32 Å². The van der Waals surface area contributed by atoms with Crippen molar-refractivity contribution in [3.05, 3.63) is 47.7 Å². The SMILES string of the molecule is C/C=C\C1=C(/C=C\C=C\C)CN(C)C(=O)N1. The van der Waals surface area contributed by atoms with Crippen molar-refractivity contribution < 1.29 is 4.79 Å². The van der Waals surface area contributed by atoms with Crippen LogP contribution in [-0.2, 0) is 0 Å². The quantitative estimate of drug-likeness (QED) is 0.725. The van der Waals surface area contributed by atoms with Crippen LogP contribution in [-0.4, -0.2) is 24.5 Å². The van der Waals surface area contributed by atoms with E-state index < -0.39 is 0 Å². The van der Waals surface area contributed by atoms with Crippen molar-refractivity contribution >= 4 is 6.03 Å². The van der Waals surface area contributed by atoms with E-state index in [2.05, 4.69) is 5.32 Å². The van der Waals surface area contributed by atoms with Gasteiger partial charge in [-0.05, 0) is 25.5 Å². The summed E-state index contributed by atoms with van der Waals surface area (Å²) in [6, 6.07) is -0.0590. The van der Waals surface area contributed by atoms with Crippen LogP contribution in [0.1, 0.15) is 13.8 Å². The van der Waals surface area contributed by atoms with Crippen molar-refractivity contribution in [2.45, 2.75) is 13.8 Å². The van der Waals surface area contributed by atoms with Crippen molar-refractivity contribution in [1.29, 1.82) is 0 Å². The molecule has 0 spiro atoms. The molecule has 0 saturated carbocycles. The van der Waals surface area contributed by atoms with E-state index in [9.17, 15) is 4.79 Å². The zero-order valence-corrected chi connectivity index (χ0v) is 10.0. The molecular weight excluding hydrogens is 200 g/mol. The second kappa shape index (κ2) is 5.95. The molecule has 1 rings (SSSR count). The summed E-state index contributed by atoms with van der Waals surface area (Å²) in [5.74, 6) is 0. The summed E-state index contributed by atoms with van der Waals surface area (Å²) >= 11 is 0. The summed E-state index contributed by atoms with van der Waals surface area (Å²) in [4.78, 5) is 13.1. The number of amides is 2. The lowest BCUT2D eigenvalue weighted by molar-refractivity contribution is 0.212. The highest BCUT2D eigenvalue weighted by atomic mass is 16.2. The summed E-state index contributed by atoms with van der Waals surface area (Å²) in [7, 11) is 1.78. The first kappa shape index (κ1) is 12.3. The monoisotopic (exact) mass is 218 g/mol. The number of likely N-dealkylation sites (N-methyl/N-ethyl adjacent to an activating group) is 1. The van der Waals surface area contributed by atoms with Gasteiger partial charge in [0.25, 0.3) is 0 Å². The maximum absolute atomic E-state index is 11.5. The molecule has 0 aromatic rings. The number of rotatable bonds is 3. The molecule has 86 valence electrons. The maximum atomic E-state index is 11.5. The molecule has 0 fully saturated rings. The lowest BCUT2D eigenvalue weighted by Crippen LogP contribution is -2.42. The third-order valence-corrected chi connectivity index (χ3v) is 2.28. The molecule has 3 nitrogen and oxygen atoms in total. The Morgan fingerprint density at radius 3 is 2.56 bits per heavy atom. The van der Waals surface area contributed by atoms with Crippen LogP contribution in [0.4, 0.5) is 4.79 Å². The summed E-state index contributed by atoms with van der Waals surface area (Å²) in [5.41, 5.74) is 1.99. The fraction of sp³-hybridized carbons (Fsp3) is 0.308. The Morgan fingerprint density at radius 2 is 1.94 bits per heavy atom. The average molecular weight is 218 g/mol. The van der Waals surface area contributed by atoms with Crippen molar-refractivity contribution in [1.82, 2.24) is 10.2 Å². The van der Waals surface area contributed by atoms with Gasteiger partial charge in [0.2, 0.25) is 0 Å². The molecule has 0 aromatic heterocycles. The molecule has 3 heteroatoms. The van der Waals surface area contributed by atoms with Gasteiger partial charge in [-0.25, -0.2) is 4.79 Å². The molecule has 0 radical (unpaired) electrons. The first-order valence-electron chi connectivity index (χ1n) is 5.36. The minimum Gasteiger partial charge on any atom is -0.323 e. The summed E-state index contributed by atoms with van der Waals surface area (Å²) in [6.45, 7) is 4.55. The Labute approximate surface area is 96.8 Å². The van der Waals surface area contributed by atoms with E-state index >= 15 is 0 Å². The Bertz CT molecular complexity index is 375. The molecule has 0 aliphatic carbocycles. The number of carbonyl (C=O) groups is 1. The van der Waals surface area contributed by atoms with Gasteiger partial charge in [-0.15, -0.1) is 0 Å². The van der Waals surface area contributed by atoms with Crippen molar-refractivity contribution in [3.63, 3.8) is 0 Å². The summed E-state index contributed by atoms with van der Waals surface area (Å²) in [5, 5.41) is 2.85.